The van der Waals surface area contributed by atoms with Gasteiger partial charge in [-0.3, -0.25) is 0 Å². The highest BCUT2D eigenvalue weighted by Gasteiger charge is 2.28. The number of nitrogens with two attached hydrogens (primary N) is 1. The Morgan fingerprint density at radius 3 is 2.90 bits per heavy atom. The van der Waals surface area contributed by atoms with Crippen LogP contribution in [0.25, 0.3) is 11.5 Å². The Hall–Kier alpha value is -0.850. The van der Waals surface area contributed by atoms with Gasteiger partial charge >= 0.3 is 0 Å². The minimum absolute atomic E-state index is 0.288. The van der Waals surface area contributed by atoms with E-state index in [9.17, 15) is 0 Å². The smallest absolute Gasteiger partial charge is 0.258 e. The largest absolute Gasteiger partial charge is 0.398 e. The van der Waals surface area contributed by atoms with Crippen LogP contribution >= 0.6 is 35.1 Å². The van der Waals surface area contributed by atoms with Crippen molar-refractivity contribution >= 4 is 40.8 Å². The number of benzene rings is 1. The Morgan fingerprint density at radius 2 is 2.15 bits per heavy atom. The van der Waals surface area contributed by atoms with Crippen LogP contribution in [0.4, 0.5) is 5.69 Å². The van der Waals surface area contributed by atoms with E-state index in [0.29, 0.717) is 21.9 Å². The maximum atomic E-state index is 6.02. The minimum Gasteiger partial charge on any atom is -0.398 e. The molecule has 2 N–H and O–H groups in total. The Kier molecular flexibility index (Phi) is 4.14. The van der Waals surface area contributed by atoms with Crippen molar-refractivity contribution in [1.29, 1.82) is 0 Å². The fraction of sp³-hybridized carbons (Fsp3) is 0.385. The molecule has 1 aromatic heterocycles. The molecule has 2 heterocycles. The summed E-state index contributed by atoms with van der Waals surface area (Å²) >= 11 is 9.86. The summed E-state index contributed by atoms with van der Waals surface area (Å²) in [6, 6.07) is 5.33. The van der Waals surface area contributed by atoms with Crippen LogP contribution in [0.5, 0.6) is 0 Å². The van der Waals surface area contributed by atoms with Crippen molar-refractivity contribution in [3.05, 3.63) is 29.0 Å². The molecule has 0 bridgehead atoms. The Labute approximate surface area is 130 Å². The summed E-state index contributed by atoms with van der Waals surface area (Å²) in [4.78, 5) is 4.51. The third-order valence-corrected chi connectivity index (χ3v) is 6.55. The van der Waals surface area contributed by atoms with Gasteiger partial charge in [-0.2, -0.15) is 16.7 Å². The maximum absolute atomic E-state index is 6.02. The number of hydrogen-bond donors (Lipinski definition) is 1. The van der Waals surface area contributed by atoms with Crippen LogP contribution < -0.4 is 5.73 Å². The van der Waals surface area contributed by atoms with Crippen molar-refractivity contribution < 1.29 is 4.52 Å². The van der Waals surface area contributed by atoms with Gasteiger partial charge in [-0.05, 0) is 18.2 Å². The first-order valence-electron chi connectivity index (χ1n) is 6.27. The average molecular weight is 328 g/mol. The number of anilines is 1. The normalized spacial score (nSPS) is 22.9. The highest BCUT2D eigenvalue weighted by molar-refractivity contribution is 8.06. The number of nitrogens with zero attached hydrogens (tertiary/aromatic N) is 2. The van der Waals surface area contributed by atoms with Crippen LogP contribution in [0.2, 0.25) is 5.02 Å². The van der Waals surface area contributed by atoms with Crippen molar-refractivity contribution in [1.82, 2.24) is 10.1 Å². The quantitative estimate of drug-likeness (QED) is 0.844. The number of nitrogen functional groups attached to an aromatic ring is 1. The molecule has 20 heavy (non-hydrogen) atoms. The number of rotatable bonds is 2. The zero-order valence-corrected chi connectivity index (χ0v) is 13.3. The Bertz CT molecular complexity index is 619. The van der Waals surface area contributed by atoms with Crippen LogP contribution in [0.15, 0.2) is 22.7 Å². The molecule has 2 atom stereocenters. The predicted octanol–water partition coefficient (Wildman–Crippen LogP) is 3.88. The molecule has 106 valence electrons. The molecule has 1 aliphatic rings. The molecule has 0 saturated carbocycles. The fourth-order valence-corrected chi connectivity index (χ4v) is 4.90. The number of hydrogen-bond acceptors (Lipinski definition) is 6. The van der Waals surface area contributed by atoms with E-state index in [1.165, 1.54) is 5.75 Å². The molecule has 1 aromatic carbocycles. The molecule has 2 unspecified atom stereocenters. The van der Waals surface area contributed by atoms with Crippen LogP contribution in [0.1, 0.15) is 18.0 Å². The first kappa shape index (κ1) is 14.1. The van der Waals surface area contributed by atoms with E-state index < -0.39 is 0 Å². The topological polar surface area (TPSA) is 64.9 Å². The van der Waals surface area contributed by atoms with Crippen molar-refractivity contribution in [2.75, 3.05) is 17.2 Å². The van der Waals surface area contributed by atoms with Crippen molar-refractivity contribution in [2.45, 2.75) is 17.4 Å². The monoisotopic (exact) mass is 327 g/mol. The van der Waals surface area contributed by atoms with Crippen LogP contribution in [-0.2, 0) is 0 Å². The summed E-state index contributed by atoms with van der Waals surface area (Å²) in [5.74, 6) is 3.56. The highest BCUT2D eigenvalue weighted by atomic mass is 35.5. The lowest BCUT2D eigenvalue weighted by molar-refractivity contribution is 0.422. The molecule has 1 fully saturated rings. The second-order valence-corrected chi connectivity index (χ2v) is 7.70. The van der Waals surface area contributed by atoms with E-state index in [-0.39, 0.29) is 5.25 Å². The zero-order valence-electron chi connectivity index (χ0n) is 10.9. The van der Waals surface area contributed by atoms with E-state index in [4.69, 9.17) is 21.9 Å². The summed E-state index contributed by atoms with van der Waals surface area (Å²) < 4.78 is 5.36. The van der Waals surface area contributed by atoms with Gasteiger partial charge in [0.25, 0.3) is 5.89 Å². The molecular weight excluding hydrogens is 314 g/mol. The third-order valence-electron chi connectivity index (χ3n) is 3.13. The number of aromatic nitrogens is 2. The van der Waals surface area contributed by atoms with Crippen molar-refractivity contribution in [3.63, 3.8) is 0 Å². The molecule has 1 aliphatic heterocycles. The number of thioether (sulfide) groups is 2. The van der Waals surface area contributed by atoms with E-state index in [1.54, 1.807) is 12.1 Å². The lowest BCUT2D eigenvalue weighted by atomic mass is 10.2. The molecule has 0 spiro atoms. The standard InChI is InChI=1S/C13H14ClN3OS2/c1-7-11(20-5-4-19-7)12-16-13(18-17-12)8-2-3-10(15)9(14)6-8/h2-3,6-7,11H,4-5,15H2,1H3. The van der Waals surface area contributed by atoms with Gasteiger partial charge in [-0.15, -0.1) is 11.8 Å². The van der Waals surface area contributed by atoms with Crippen LogP contribution in [0, 0.1) is 0 Å². The van der Waals surface area contributed by atoms with Crippen LogP contribution in [0.3, 0.4) is 0 Å². The lowest BCUT2D eigenvalue weighted by Crippen LogP contribution is -2.16. The van der Waals surface area contributed by atoms with Gasteiger partial charge in [0.15, 0.2) is 5.82 Å². The molecule has 2 aromatic rings. The summed E-state index contributed by atoms with van der Waals surface area (Å²) in [7, 11) is 0. The van der Waals surface area contributed by atoms with Gasteiger partial charge in [0.05, 0.1) is 16.0 Å². The van der Waals surface area contributed by atoms with Gasteiger partial charge in [-0.1, -0.05) is 23.7 Å². The average Bonchev–Trinajstić information content (AvgIpc) is 2.92. The van der Waals surface area contributed by atoms with E-state index >= 15 is 0 Å². The zero-order chi connectivity index (χ0) is 14.1. The van der Waals surface area contributed by atoms with Crippen LogP contribution in [-0.4, -0.2) is 26.9 Å². The Morgan fingerprint density at radius 1 is 1.35 bits per heavy atom. The second-order valence-electron chi connectivity index (χ2n) is 4.56. The van der Waals surface area contributed by atoms with Gasteiger partial charge in [0, 0.05) is 22.3 Å². The molecule has 0 aliphatic carbocycles. The lowest BCUT2D eigenvalue weighted by Gasteiger charge is -2.24. The van der Waals surface area contributed by atoms with E-state index in [1.807, 2.05) is 29.6 Å². The molecule has 1 saturated heterocycles. The molecule has 4 nitrogen and oxygen atoms in total. The Balaban J connectivity index is 1.87. The van der Waals surface area contributed by atoms with Crippen molar-refractivity contribution in [3.8, 4) is 11.5 Å². The second kappa shape index (κ2) is 5.87. The van der Waals surface area contributed by atoms with Gasteiger partial charge < -0.3 is 10.3 Å². The maximum Gasteiger partial charge on any atom is 0.258 e. The molecule has 3 rings (SSSR count). The summed E-state index contributed by atoms with van der Waals surface area (Å²) in [5.41, 5.74) is 7.04. The summed E-state index contributed by atoms with van der Waals surface area (Å²) in [6.07, 6.45) is 0. The summed E-state index contributed by atoms with van der Waals surface area (Å²) in [6.45, 7) is 2.21. The molecular formula is C13H14ClN3OS2. The van der Waals surface area contributed by atoms with E-state index in [2.05, 4.69) is 17.1 Å². The van der Waals surface area contributed by atoms with Crippen molar-refractivity contribution in [2.24, 2.45) is 0 Å². The van der Waals surface area contributed by atoms with Gasteiger partial charge in [-0.25, -0.2) is 0 Å². The van der Waals surface area contributed by atoms with Gasteiger partial charge in [0.2, 0.25) is 0 Å². The fourth-order valence-electron chi connectivity index (χ4n) is 2.04. The first-order chi connectivity index (χ1) is 9.65. The first-order valence-corrected chi connectivity index (χ1v) is 8.75. The van der Waals surface area contributed by atoms with E-state index in [0.717, 1.165) is 17.1 Å². The molecule has 0 amide bonds. The summed E-state index contributed by atoms with van der Waals surface area (Å²) in [5, 5.41) is 5.40. The third kappa shape index (κ3) is 2.77. The predicted molar refractivity (Wildman–Crippen MR) is 86.3 cm³/mol. The molecule has 0 radical (unpaired) electrons. The molecule has 7 heteroatoms. The minimum atomic E-state index is 0.288. The van der Waals surface area contributed by atoms with Gasteiger partial charge in [0.1, 0.15) is 0 Å². The number of halogens is 1. The highest BCUT2D eigenvalue weighted by Crippen LogP contribution is 2.41. The SMILES string of the molecule is CC1SCCSC1c1noc(-c2ccc(N)c(Cl)c2)n1.